The highest BCUT2D eigenvalue weighted by atomic mass is 19.1. The van der Waals surface area contributed by atoms with Crippen LogP contribution >= 0.6 is 0 Å². The summed E-state index contributed by atoms with van der Waals surface area (Å²) in [5.41, 5.74) is 3.40. The molecule has 0 aliphatic rings. The fourth-order valence-corrected chi connectivity index (χ4v) is 2.78. The van der Waals surface area contributed by atoms with Crippen molar-refractivity contribution in [3.63, 3.8) is 0 Å². The van der Waals surface area contributed by atoms with E-state index in [1.807, 2.05) is 26.0 Å². The minimum Gasteiger partial charge on any atom is -0.494 e. The summed E-state index contributed by atoms with van der Waals surface area (Å²) in [5, 5.41) is 4.98. The van der Waals surface area contributed by atoms with Crippen molar-refractivity contribution in [3.8, 4) is 5.75 Å². The highest BCUT2D eigenvalue weighted by Gasteiger charge is 2.15. The van der Waals surface area contributed by atoms with Gasteiger partial charge in [0, 0.05) is 11.3 Å². The largest absolute Gasteiger partial charge is 0.494 e. The smallest absolute Gasteiger partial charge is 0.326 e. The second-order valence-electron chi connectivity index (χ2n) is 6.60. The van der Waals surface area contributed by atoms with E-state index < -0.39 is 17.8 Å². The Kier molecular flexibility index (Phi) is 6.90. The van der Waals surface area contributed by atoms with Crippen LogP contribution < -0.4 is 20.3 Å². The van der Waals surface area contributed by atoms with Gasteiger partial charge in [-0.15, -0.1) is 0 Å². The molecule has 0 radical (unpaired) electrons. The highest BCUT2D eigenvalue weighted by molar-refractivity contribution is 6.01. The SMILES string of the molecule is COc1ccc(C[NH+](C)CC(=O)NC(=O)Nc2ccc(C)cc2C)cc1F. The number of aryl methyl sites for hydroxylation is 2. The Morgan fingerprint density at radius 2 is 1.89 bits per heavy atom. The highest BCUT2D eigenvalue weighted by Crippen LogP contribution is 2.17. The zero-order chi connectivity index (χ0) is 20.0. The van der Waals surface area contributed by atoms with Gasteiger partial charge in [0.1, 0.15) is 6.54 Å². The first-order chi connectivity index (χ1) is 12.8. The van der Waals surface area contributed by atoms with Gasteiger partial charge in [-0.1, -0.05) is 17.7 Å². The molecule has 2 rings (SSSR count). The molecular formula is C20H25FN3O3+. The van der Waals surface area contributed by atoms with Crippen LogP contribution in [0.25, 0.3) is 0 Å². The number of benzene rings is 2. The predicted octanol–water partition coefficient (Wildman–Crippen LogP) is 1.81. The summed E-state index contributed by atoms with van der Waals surface area (Å²) >= 11 is 0. The molecule has 0 bridgehead atoms. The lowest BCUT2D eigenvalue weighted by atomic mass is 10.1. The second-order valence-corrected chi connectivity index (χ2v) is 6.60. The molecular weight excluding hydrogens is 349 g/mol. The number of urea groups is 1. The van der Waals surface area contributed by atoms with Gasteiger partial charge in [0.15, 0.2) is 18.1 Å². The van der Waals surface area contributed by atoms with Crippen molar-refractivity contribution in [2.75, 3.05) is 26.0 Å². The van der Waals surface area contributed by atoms with E-state index in [0.717, 1.165) is 21.6 Å². The maximum atomic E-state index is 13.7. The monoisotopic (exact) mass is 374 g/mol. The molecule has 1 unspecified atom stereocenters. The predicted molar refractivity (Wildman–Crippen MR) is 101 cm³/mol. The molecule has 0 saturated carbocycles. The zero-order valence-corrected chi connectivity index (χ0v) is 16.0. The van der Waals surface area contributed by atoms with Crippen molar-refractivity contribution in [3.05, 3.63) is 58.9 Å². The summed E-state index contributed by atoms with van der Waals surface area (Å²) in [6.07, 6.45) is 0. The summed E-state index contributed by atoms with van der Waals surface area (Å²) in [7, 11) is 3.20. The first kappa shape index (κ1) is 20.4. The fraction of sp³-hybridized carbons (Fsp3) is 0.300. The van der Waals surface area contributed by atoms with Crippen LogP contribution in [0.4, 0.5) is 14.9 Å². The molecule has 0 aliphatic carbocycles. The Bertz CT molecular complexity index is 839. The summed E-state index contributed by atoms with van der Waals surface area (Å²) in [4.78, 5) is 24.9. The molecule has 1 atom stereocenters. The van der Waals surface area contributed by atoms with Crippen LogP contribution in [0.2, 0.25) is 0 Å². The lowest BCUT2D eigenvalue weighted by molar-refractivity contribution is -0.885. The third-order valence-corrected chi connectivity index (χ3v) is 4.07. The standard InChI is InChI=1S/C20H24FN3O3/c1-13-5-7-17(14(2)9-13)22-20(26)23-19(25)12-24(3)11-15-6-8-18(27-4)16(21)10-15/h5-10H,11-12H2,1-4H3,(H2,22,23,25,26)/p+1. The van der Waals surface area contributed by atoms with Gasteiger partial charge >= 0.3 is 6.03 Å². The lowest BCUT2D eigenvalue weighted by Crippen LogP contribution is -3.09. The molecule has 0 aliphatic heterocycles. The first-order valence-electron chi connectivity index (χ1n) is 8.60. The Morgan fingerprint density at radius 1 is 1.15 bits per heavy atom. The molecule has 144 valence electrons. The van der Waals surface area contributed by atoms with Crippen molar-refractivity contribution >= 4 is 17.6 Å². The van der Waals surface area contributed by atoms with Crippen LogP contribution in [0.3, 0.4) is 0 Å². The molecule has 0 spiro atoms. The number of likely N-dealkylation sites (N-methyl/N-ethyl adjacent to an activating group) is 1. The van der Waals surface area contributed by atoms with Gasteiger partial charge in [-0.2, -0.15) is 0 Å². The van der Waals surface area contributed by atoms with Crippen LogP contribution in [0.15, 0.2) is 36.4 Å². The van der Waals surface area contributed by atoms with E-state index in [1.165, 1.54) is 13.2 Å². The topological polar surface area (TPSA) is 71.9 Å². The quantitative estimate of drug-likeness (QED) is 0.722. The number of anilines is 1. The second kappa shape index (κ2) is 9.14. The molecule has 2 aromatic carbocycles. The molecule has 0 heterocycles. The van der Waals surface area contributed by atoms with Gasteiger partial charge in [0.2, 0.25) is 0 Å². The lowest BCUT2D eigenvalue weighted by Gasteiger charge is -2.15. The molecule has 27 heavy (non-hydrogen) atoms. The summed E-state index contributed by atoms with van der Waals surface area (Å²) < 4.78 is 18.6. The Morgan fingerprint density at radius 3 is 2.52 bits per heavy atom. The van der Waals surface area contributed by atoms with Gasteiger partial charge in [0.25, 0.3) is 5.91 Å². The van der Waals surface area contributed by atoms with Crippen LogP contribution in [-0.2, 0) is 11.3 Å². The zero-order valence-electron chi connectivity index (χ0n) is 16.0. The number of rotatable bonds is 6. The average molecular weight is 374 g/mol. The number of imide groups is 1. The fourth-order valence-electron chi connectivity index (χ4n) is 2.78. The van der Waals surface area contributed by atoms with E-state index in [2.05, 4.69) is 10.6 Å². The number of carbonyl (C=O) groups is 2. The number of ether oxygens (including phenoxy) is 1. The van der Waals surface area contributed by atoms with Crippen LogP contribution in [0.1, 0.15) is 16.7 Å². The summed E-state index contributed by atoms with van der Waals surface area (Å²) in [5.74, 6) is -0.680. The average Bonchev–Trinajstić information content (AvgIpc) is 2.57. The van der Waals surface area contributed by atoms with E-state index >= 15 is 0 Å². The number of amides is 3. The van der Waals surface area contributed by atoms with Crippen molar-refractivity contribution in [2.24, 2.45) is 0 Å². The Hall–Kier alpha value is -2.93. The van der Waals surface area contributed by atoms with Gasteiger partial charge < -0.3 is 15.0 Å². The summed E-state index contributed by atoms with van der Waals surface area (Å²) in [6, 6.07) is 9.73. The van der Waals surface area contributed by atoms with Crippen molar-refractivity contribution in [2.45, 2.75) is 20.4 Å². The molecule has 0 aromatic heterocycles. The van der Waals surface area contributed by atoms with Crippen LogP contribution in [0.5, 0.6) is 5.75 Å². The Balaban J connectivity index is 1.85. The number of methoxy groups -OCH3 is 1. The molecule has 0 fully saturated rings. The number of carbonyl (C=O) groups excluding carboxylic acids is 2. The number of quaternary nitrogens is 1. The van der Waals surface area contributed by atoms with E-state index in [1.54, 1.807) is 25.2 Å². The molecule has 3 N–H and O–H groups in total. The third kappa shape index (κ3) is 6.07. The Labute approximate surface area is 158 Å². The number of halogens is 1. The normalized spacial score (nSPS) is 11.6. The molecule has 7 heteroatoms. The van der Waals surface area contributed by atoms with E-state index in [9.17, 15) is 14.0 Å². The minimum atomic E-state index is -0.574. The van der Waals surface area contributed by atoms with Gasteiger partial charge in [0.05, 0.1) is 14.2 Å². The molecule has 6 nitrogen and oxygen atoms in total. The minimum absolute atomic E-state index is 0.0773. The van der Waals surface area contributed by atoms with Gasteiger partial charge in [-0.25, -0.2) is 9.18 Å². The number of nitrogens with one attached hydrogen (secondary N) is 3. The maximum Gasteiger partial charge on any atom is 0.326 e. The number of hydrogen-bond donors (Lipinski definition) is 3. The van der Waals surface area contributed by atoms with E-state index in [-0.39, 0.29) is 12.3 Å². The van der Waals surface area contributed by atoms with Crippen LogP contribution in [-0.4, -0.2) is 32.6 Å². The van der Waals surface area contributed by atoms with Crippen molar-refractivity contribution in [1.82, 2.24) is 5.32 Å². The van der Waals surface area contributed by atoms with Crippen LogP contribution in [0, 0.1) is 19.7 Å². The van der Waals surface area contributed by atoms with E-state index in [0.29, 0.717) is 12.2 Å². The van der Waals surface area contributed by atoms with Crippen molar-refractivity contribution in [1.29, 1.82) is 0 Å². The van der Waals surface area contributed by atoms with Crippen molar-refractivity contribution < 1.29 is 23.6 Å². The first-order valence-corrected chi connectivity index (χ1v) is 8.60. The van der Waals surface area contributed by atoms with E-state index in [4.69, 9.17) is 4.74 Å². The molecule has 2 aromatic rings. The molecule has 3 amide bonds. The third-order valence-electron chi connectivity index (χ3n) is 4.07. The maximum absolute atomic E-state index is 13.7. The summed E-state index contributed by atoms with van der Waals surface area (Å²) in [6.45, 7) is 4.37. The molecule has 0 saturated heterocycles. The number of hydrogen-bond acceptors (Lipinski definition) is 3. The van der Waals surface area contributed by atoms with Gasteiger partial charge in [-0.3, -0.25) is 10.1 Å². The van der Waals surface area contributed by atoms with Gasteiger partial charge in [-0.05, 0) is 43.7 Å².